The highest BCUT2D eigenvalue weighted by molar-refractivity contribution is 7.92. The van der Waals surface area contributed by atoms with E-state index >= 15 is 8.78 Å². The molecule has 0 spiro atoms. The van der Waals surface area contributed by atoms with E-state index in [1.807, 2.05) is 0 Å². The number of anilines is 1. The van der Waals surface area contributed by atoms with Crippen LogP contribution in [0.3, 0.4) is 0 Å². The van der Waals surface area contributed by atoms with Gasteiger partial charge in [0.05, 0.1) is 29.1 Å². The zero-order valence-electron chi connectivity index (χ0n) is 20.7. The Bertz CT molecular complexity index is 1360. The quantitative estimate of drug-likeness (QED) is 0.444. The second-order valence-corrected chi connectivity index (χ2v) is 11.1. The highest BCUT2D eigenvalue weighted by Crippen LogP contribution is 2.30. The van der Waals surface area contributed by atoms with Crippen molar-refractivity contribution in [3.05, 3.63) is 64.9 Å². The number of rotatable bonds is 8. The van der Waals surface area contributed by atoms with Gasteiger partial charge in [0.1, 0.15) is 11.6 Å². The monoisotopic (exact) mass is 551 g/mol. The smallest absolute Gasteiger partial charge is 0.267 e. The van der Waals surface area contributed by atoms with Gasteiger partial charge in [-0.15, -0.1) is 0 Å². The van der Waals surface area contributed by atoms with E-state index in [-0.39, 0.29) is 32.7 Å². The molecule has 12 heteroatoms. The van der Waals surface area contributed by atoms with E-state index in [1.54, 1.807) is 0 Å². The molecule has 0 saturated carbocycles. The normalized spacial score (nSPS) is 15.2. The number of hydrogen-bond acceptors (Lipinski definition) is 7. The molecule has 1 aliphatic heterocycles. The van der Waals surface area contributed by atoms with Gasteiger partial charge in [0.15, 0.2) is 4.90 Å². The molecular weight excluding hydrogens is 524 g/mol. The molecule has 0 aliphatic carbocycles. The van der Waals surface area contributed by atoms with Crippen LogP contribution in [0.1, 0.15) is 19.4 Å². The molecule has 8 nitrogen and oxygen atoms in total. The van der Waals surface area contributed by atoms with Crippen LogP contribution in [0.5, 0.6) is 5.88 Å². The van der Waals surface area contributed by atoms with E-state index in [0.29, 0.717) is 18.2 Å². The molecule has 0 radical (unpaired) electrons. The Morgan fingerprint density at radius 3 is 2.38 bits per heavy atom. The largest absolute Gasteiger partial charge is 0.480 e. The molecule has 1 N–H and O–H groups in total. The molecule has 0 bridgehead atoms. The summed E-state index contributed by atoms with van der Waals surface area (Å²) in [6.07, 6.45) is 2.52. The lowest BCUT2D eigenvalue weighted by atomic mass is 10.1. The van der Waals surface area contributed by atoms with Crippen molar-refractivity contribution in [2.75, 3.05) is 38.0 Å². The van der Waals surface area contributed by atoms with Crippen LogP contribution in [0.25, 0.3) is 11.3 Å². The lowest BCUT2D eigenvalue weighted by Crippen LogP contribution is -2.48. The third kappa shape index (κ3) is 6.35. The number of nitrogens with zero attached hydrogens (tertiary/aromatic N) is 4. The Kier molecular flexibility index (Phi) is 8.27. The van der Waals surface area contributed by atoms with Crippen LogP contribution in [0, 0.1) is 11.6 Å². The molecule has 198 valence electrons. The van der Waals surface area contributed by atoms with Gasteiger partial charge in [-0.05, 0) is 49.7 Å². The van der Waals surface area contributed by atoms with Gasteiger partial charge in [0.25, 0.3) is 10.0 Å². The van der Waals surface area contributed by atoms with Gasteiger partial charge in [-0.3, -0.25) is 19.5 Å². The fraction of sp³-hybridized carbons (Fsp3) is 0.360. The maximum absolute atomic E-state index is 15.1. The van der Waals surface area contributed by atoms with Crippen LogP contribution in [-0.2, 0) is 16.6 Å². The van der Waals surface area contributed by atoms with Crippen molar-refractivity contribution in [3.8, 4) is 17.1 Å². The summed E-state index contributed by atoms with van der Waals surface area (Å²) in [4.78, 5) is 12.2. The Hall–Kier alpha value is -2.86. The Morgan fingerprint density at radius 2 is 1.76 bits per heavy atom. The standard InChI is InChI=1S/C25H28ClF2N5O3S/c1-16(2)33-8-6-32(7-9-33)15-17-10-20(27)24(21(28)11-17)22-13-19(4-5-29-22)31-37(34,35)23-12-18(26)14-30-25(23)36-3/h4-5,10-14,16H,6-9,15H2,1-3H3,(H,29,31). The fourth-order valence-electron chi connectivity index (χ4n) is 4.25. The molecule has 37 heavy (non-hydrogen) atoms. The molecule has 1 aliphatic rings. The summed E-state index contributed by atoms with van der Waals surface area (Å²) < 4.78 is 63.5. The van der Waals surface area contributed by atoms with Crippen molar-refractivity contribution in [1.82, 2.24) is 19.8 Å². The van der Waals surface area contributed by atoms with Crippen LogP contribution < -0.4 is 9.46 Å². The van der Waals surface area contributed by atoms with Crippen LogP contribution >= 0.6 is 11.6 Å². The van der Waals surface area contributed by atoms with Crippen LogP contribution in [-0.4, -0.2) is 67.5 Å². The van der Waals surface area contributed by atoms with E-state index in [1.165, 1.54) is 49.8 Å². The number of hydrogen-bond donors (Lipinski definition) is 1. The third-order valence-corrected chi connectivity index (χ3v) is 7.76. The van der Waals surface area contributed by atoms with Gasteiger partial charge >= 0.3 is 0 Å². The second kappa shape index (κ2) is 11.3. The molecule has 2 aromatic heterocycles. The van der Waals surface area contributed by atoms with E-state index in [9.17, 15) is 8.42 Å². The average molecular weight is 552 g/mol. The fourth-order valence-corrected chi connectivity index (χ4v) is 5.67. The summed E-state index contributed by atoms with van der Waals surface area (Å²) in [6, 6.07) is 6.88. The molecule has 3 aromatic rings. The third-order valence-electron chi connectivity index (χ3n) is 6.18. The number of nitrogens with one attached hydrogen (secondary N) is 1. The van der Waals surface area contributed by atoms with Crippen molar-refractivity contribution in [2.24, 2.45) is 0 Å². The number of halogens is 3. The average Bonchev–Trinajstić information content (AvgIpc) is 2.84. The predicted octanol–water partition coefficient (Wildman–Crippen LogP) is 4.41. The molecule has 0 atom stereocenters. The predicted molar refractivity (Wildman–Crippen MR) is 138 cm³/mol. The number of benzene rings is 1. The van der Waals surface area contributed by atoms with Gasteiger partial charge in [0, 0.05) is 51.2 Å². The van der Waals surface area contributed by atoms with Gasteiger partial charge in [-0.25, -0.2) is 22.2 Å². The van der Waals surface area contributed by atoms with Gasteiger partial charge in [-0.1, -0.05) is 11.6 Å². The molecule has 0 amide bonds. The molecule has 1 fully saturated rings. The Morgan fingerprint density at radius 1 is 1.08 bits per heavy atom. The highest BCUT2D eigenvalue weighted by Gasteiger charge is 2.23. The van der Waals surface area contributed by atoms with E-state index in [0.717, 1.165) is 26.2 Å². The topological polar surface area (TPSA) is 87.7 Å². The number of aromatic nitrogens is 2. The van der Waals surface area contributed by atoms with Crippen molar-refractivity contribution in [1.29, 1.82) is 0 Å². The first-order valence-corrected chi connectivity index (χ1v) is 13.6. The van der Waals surface area contributed by atoms with Crippen LogP contribution in [0.4, 0.5) is 14.5 Å². The van der Waals surface area contributed by atoms with Crippen molar-refractivity contribution >= 4 is 27.3 Å². The molecule has 3 heterocycles. The number of piperazine rings is 1. The molecular formula is C25H28ClF2N5O3S. The summed E-state index contributed by atoms with van der Waals surface area (Å²) >= 11 is 5.91. The van der Waals surface area contributed by atoms with Gasteiger partial charge < -0.3 is 4.74 Å². The minimum absolute atomic E-state index is 0.0523. The number of methoxy groups -OCH3 is 1. The van der Waals surface area contributed by atoms with Gasteiger partial charge in [-0.2, -0.15) is 0 Å². The summed E-state index contributed by atoms with van der Waals surface area (Å²) in [7, 11) is -2.90. The van der Waals surface area contributed by atoms with E-state index in [2.05, 4.69) is 38.3 Å². The van der Waals surface area contributed by atoms with E-state index < -0.39 is 21.7 Å². The summed E-state index contributed by atoms with van der Waals surface area (Å²) in [5.41, 5.74) is 0.187. The van der Waals surface area contributed by atoms with Crippen molar-refractivity contribution in [3.63, 3.8) is 0 Å². The number of ether oxygens (including phenoxy) is 1. The molecule has 1 saturated heterocycles. The lowest BCUT2D eigenvalue weighted by Gasteiger charge is -2.37. The van der Waals surface area contributed by atoms with Crippen molar-refractivity contribution < 1.29 is 21.9 Å². The SMILES string of the molecule is COc1ncc(Cl)cc1S(=O)(=O)Nc1ccnc(-c2c(F)cc(CN3CCN(C(C)C)CC3)cc2F)c1. The Balaban J connectivity index is 1.54. The van der Waals surface area contributed by atoms with Crippen LogP contribution in [0.15, 0.2) is 47.6 Å². The van der Waals surface area contributed by atoms with Crippen molar-refractivity contribution in [2.45, 2.75) is 31.3 Å². The summed E-state index contributed by atoms with van der Waals surface area (Å²) in [5.74, 6) is -1.70. The minimum atomic E-state index is -4.18. The summed E-state index contributed by atoms with van der Waals surface area (Å²) in [5, 5.41) is 0.0997. The first-order valence-electron chi connectivity index (χ1n) is 11.7. The first-order chi connectivity index (χ1) is 17.6. The molecule has 0 unspecified atom stereocenters. The number of sulfonamides is 1. The zero-order valence-corrected chi connectivity index (χ0v) is 22.3. The second-order valence-electron chi connectivity index (χ2n) is 9.04. The first kappa shape index (κ1) is 27.2. The summed E-state index contributed by atoms with van der Waals surface area (Å²) in [6.45, 7) is 8.19. The van der Waals surface area contributed by atoms with E-state index in [4.69, 9.17) is 16.3 Å². The van der Waals surface area contributed by atoms with Gasteiger partial charge in [0.2, 0.25) is 5.88 Å². The maximum atomic E-state index is 15.1. The highest BCUT2D eigenvalue weighted by atomic mass is 35.5. The number of pyridine rings is 2. The lowest BCUT2D eigenvalue weighted by molar-refractivity contribution is 0.104. The van der Waals surface area contributed by atoms with Crippen LogP contribution in [0.2, 0.25) is 5.02 Å². The zero-order chi connectivity index (χ0) is 26.7. The molecule has 1 aromatic carbocycles. The minimum Gasteiger partial charge on any atom is -0.480 e. The Labute approximate surface area is 220 Å². The maximum Gasteiger partial charge on any atom is 0.267 e. The molecule has 4 rings (SSSR count).